The Kier molecular flexibility index (Phi) is 4.19. The molecule has 0 aromatic carbocycles. The van der Waals surface area contributed by atoms with E-state index in [-0.39, 0.29) is 0 Å². The van der Waals surface area contributed by atoms with E-state index >= 15 is 0 Å². The topological polar surface area (TPSA) is 6.48 Å². The van der Waals surface area contributed by atoms with E-state index in [0.717, 1.165) is 30.0 Å². The van der Waals surface area contributed by atoms with E-state index in [1.165, 1.54) is 58.2 Å². The zero-order chi connectivity index (χ0) is 13.4. The molecule has 2 saturated heterocycles. The first kappa shape index (κ1) is 13.9. The summed E-state index contributed by atoms with van der Waals surface area (Å²) in [5.41, 5.74) is 0. The minimum Gasteiger partial charge on any atom is -0.298 e. The van der Waals surface area contributed by atoms with E-state index < -0.39 is 0 Å². The molecule has 1 aliphatic carbocycles. The van der Waals surface area contributed by atoms with Crippen LogP contribution in [0.25, 0.3) is 0 Å². The van der Waals surface area contributed by atoms with Crippen LogP contribution in [0.15, 0.2) is 0 Å². The van der Waals surface area contributed by atoms with Crippen molar-refractivity contribution >= 4 is 0 Å². The summed E-state index contributed by atoms with van der Waals surface area (Å²) < 4.78 is 0. The van der Waals surface area contributed by atoms with Gasteiger partial charge >= 0.3 is 0 Å². The maximum absolute atomic E-state index is 2.91. The highest BCUT2D eigenvalue weighted by Gasteiger charge is 2.41. The van der Waals surface area contributed by atoms with Gasteiger partial charge in [0.1, 0.15) is 0 Å². The third kappa shape index (κ3) is 2.71. The van der Waals surface area contributed by atoms with E-state index in [4.69, 9.17) is 0 Å². The van der Waals surface area contributed by atoms with E-state index in [1.807, 2.05) is 0 Å². The molecule has 2 nitrogen and oxygen atoms in total. The van der Waals surface area contributed by atoms with Crippen LogP contribution < -0.4 is 0 Å². The molecule has 2 aliphatic heterocycles. The molecular weight excluding hydrogens is 232 g/mol. The van der Waals surface area contributed by atoms with Crippen LogP contribution in [0.3, 0.4) is 0 Å². The van der Waals surface area contributed by atoms with Gasteiger partial charge in [-0.15, -0.1) is 0 Å². The van der Waals surface area contributed by atoms with Crippen LogP contribution in [0.5, 0.6) is 0 Å². The van der Waals surface area contributed by atoms with Gasteiger partial charge in [0.25, 0.3) is 0 Å². The van der Waals surface area contributed by atoms with E-state index in [0.29, 0.717) is 0 Å². The molecule has 3 unspecified atom stereocenters. The van der Waals surface area contributed by atoms with Crippen LogP contribution in [0, 0.1) is 11.8 Å². The van der Waals surface area contributed by atoms with Crippen molar-refractivity contribution in [2.24, 2.45) is 11.8 Å². The molecule has 1 saturated carbocycles. The van der Waals surface area contributed by atoms with Crippen molar-refractivity contribution in [2.75, 3.05) is 19.6 Å². The van der Waals surface area contributed by atoms with Crippen LogP contribution in [0.4, 0.5) is 0 Å². The van der Waals surface area contributed by atoms with Crippen molar-refractivity contribution in [3.05, 3.63) is 0 Å². The number of piperazine rings is 1. The molecule has 2 heterocycles. The van der Waals surface area contributed by atoms with Gasteiger partial charge in [-0.05, 0) is 51.0 Å². The van der Waals surface area contributed by atoms with Crippen molar-refractivity contribution < 1.29 is 0 Å². The highest BCUT2D eigenvalue weighted by Crippen LogP contribution is 2.35. The summed E-state index contributed by atoms with van der Waals surface area (Å²) >= 11 is 0. The predicted octanol–water partition coefficient (Wildman–Crippen LogP) is 3.37. The molecular formula is C17H32N2. The lowest BCUT2D eigenvalue weighted by molar-refractivity contribution is -0.0107. The zero-order valence-corrected chi connectivity index (χ0v) is 13.1. The highest BCUT2D eigenvalue weighted by atomic mass is 15.3. The van der Waals surface area contributed by atoms with Gasteiger partial charge in [0.2, 0.25) is 0 Å². The Morgan fingerprint density at radius 2 is 1.63 bits per heavy atom. The zero-order valence-electron chi connectivity index (χ0n) is 13.1. The molecule has 0 aromatic rings. The van der Waals surface area contributed by atoms with Crippen LogP contribution in [0.1, 0.15) is 59.3 Å². The SMILES string of the molecule is CC(C)C1CN2CCCC2CN1C(C)C1CCCC1. The second kappa shape index (κ2) is 5.73. The average molecular weight is 264 g/mol. The van der Waals surface area contributed by atoms with Gasteiger partial charge in [-0.3, -0.25) is 9.80 Å². The number of hydrogen-bond acceptors (Lipinski definition) is 2. The van der Waals surface area contributed by atoms with Crippen LogP contribution >= 0.6 is 0 Å². The molecule has 3 atom stereocenters. The minimum absolute atomic E-state index is 0.796. The second-order valence-corrected chi connectivity index (χ2v) is 7.58. The molecule has 0 bridgehead atoms. The maximum Gasteiger partial charge on any atom is 0.0249 e. The Balaban J connectivity index is 1.72. The lowest BCUT2D eigenvalue weighted by atomic mass is 9.90. The van der Waals surface area contributed by atoms with Gasteiger partial charge in [-0.1, -0.05) is 26.7 Å². The van der Waals surface area contributed by atoms with E-state index in [9.17, 15) is 0 Å². The standard InChI is InChI=1S/C17H32N2/c1-13(2)17-12-18-10-6-9-16(18)11-19(17)14(3)15-7-4-5-8-15/h13-17H,4-12H2,1-3H3. The van der Waals surface area contributed by atoms with E-state index in [2.05, 4.69) is 30.6 Å². The van der Waals surface area contributed by atoms with Crippen LogP contribution in [-0.4, -0.2) is 47.6 Å². The van der Waals surface area contributed by atoms with Gasteiger partial charge in [0, 0.05) is 31.2 Å². The van der Waals surface area contributed by atoms with Gasteiger partial charge in [0.15, 0.2) is 0 Å². The molecule has 0 spiro atoms. The molecule has 3 rings (SSSR count). The van der Waals surface area contributed by atoms with Gasteiger partial charge in [-0.2, -0.15) is 0 Å². The molecule has 19 heavy (non-hydrogen) atoms. The summed E-state index contributed by atoms with van der Waals surface area (Å²) in [6, 6.07) is 2.49. The van der Waals surface area contributed by atoms with Crippen molar-refractivity contribution in [1.29, 1.82) is 0 Å². The Morgan fingerprint density at radius 1 is 0.895 bits per heavy atom. The first-order chi connectivity index (χ1) is 9.16. The second-order valence-electron chi connectivity index (χ2n) is 7.58. The molecule has 0 N–H and O–H groups in total. The monoisotopic (exact) mass is 264 g/mol. The first-order valence-corrected chi connectivity index (χ1v) is 8.66. The lowest BCUT2D eigenvalue weighted by Crippen LogP contribution is -2.61. The Hall–Kier alpha value is -0.0800. The largest absolute Gasteiger partial charge is 0.298 e. The fraction of sp³-hybridized carbons (Fsp3) is 1.00. The summed E-state index contributed by atoms with van der Waals surface area (Å²) in [6.07, 6.45) is 8.79. The molecule has 0 amide bonds. The minimum atomic E-state index is 0.796. The number of fused-ring (bicyclic) bond motifs is 1. The summed E-state index contributed by atoms with van der Waals surface area (Å²) in [5, 5.41) is 0. The van der Waals surface area contributed by atoms with Crippen molar-refractivity contribution in [3.8, 4) is 0 Å². The molecule has 0 aromatic heterocycles. The number of nitrogens with zero attached hydrogens (tertiary/aromatic N) is 2. The Morgan fingerprint density at radius 3 is 2.32 bits per heavy atom. The Labute approximate surface area is 119 Å². The van der Waals surface area contributed by atoms with Crippen LogP contribution in [0.2, 0.25) is 0 Å². The third-order valence-electron chi connectivity index (χ3n) is 6.14. The maximum atomic E-state index is 2.91. The smallest absolute Gasteiger partial charge is 0.0249 e. The fourth-order valence-electron chi connectivity index (χ4n) is 4.84. The summed E-state index contributed by atoms with van der Waals surface area (Å²) in [5.74, 6) is 1.78. The molecule has 0 radical (unpaired) electrons. The van der Waals surface area contributed by atoms with Gasteiger partial charge in [-0.25, -0.2) is 0 Å². The van der Waals surface area contributed by atoms with Gasteiger partial charge < -0.3 is 0 Å². The summed E-state index contributed by atoms with van der Waals surface area (Å²) in [7, 11) is 0. The average Bonchev–Trinajstić information content (AvgIpc) is 3.06. The lowest BCUT2D eigenvalue weighted by Gasteiger charge is -2.49. The van der Waals surface area contributed by atoms with Gasteiger partial charge in [0.05, 0.1) is 0 Å². The normalized spacial score (nSPS) is 36.0. The molecule has 2 heteroatoms. The van der Waals surface area contributed by atoms with Crippen LogP contribution in [-0.2, 0) is 0 Å². The number of hydrogen-bond donors (Lipinski definition) is 0. The third-order valence-corrected chi connectivity index (χ3v) is 6.14. The number of rotatable bonds is 3. The van der Waals surface area contributed by atoms with E-state index in [1.54, 1.807) is 0 Å². The molecule has 3 fully saturated rings. The first-order valence-electron chi connectivity index (χ1n) is 8.66. The van der Waals surface area contributed by atoms with Crippen molar-refractivity contribution in [3.63, 3.8) is 0 Å². The summed E-state index contributed by atoms with van der Waals surface area (Å²) in [4.78, 5) is 5.69. The van der Waals surface area contributed by atoms with Crippen molar-refractivity contribution in [1.82, 2.24) is 9.80 Å². The summed E-state index contributed by atoms with van der Waals surface area (Å²) in [6.45, 7) is 11.4. The predicted molar refractivity (Wildman–Crippen MR) is 81.3 cm³/mol. The fourth-order valence-corrected chi connectivity index (χ4v) is 4.84. The Bertz CT molecular complexity index is 296. The molecule has 3 aliphatic rings. The molecule has 110 valence electrons. The van der Waals surface area contributed by atoms with Crippen molar-refractivity contribution in [2.45, 2.75) is 77.4 Å². The highest BCUT2D eigenvalue weighted by molar-refractivity contribution is 4.96. The quantitative estimate of drug-likeness (QED) is 0.771.